The van der Waals surface area contributed by atoms with Crippen LogP contribution in [0.15, 0.2) is 12.3 Å². The third kappa shape index (κ3) is 17.4. The second-order valence-electron chi connectivity index (χ2n) is 11.6. The van der Waals surface area contributed by atoms with E-state index in [2.05, 4.69) is 20.4 Å². The molecule has 1 saturated heterocycles. The minimum absolute atomic E-state index is 0.0000825. The van der Waals surface area contributed by atoms with E-state index in [1.165, 1.54) is 58.8 Å². The molecule has 0 aliphatic carbocycles. The van der Waals surface area contributed by atoms with Crippen LogP contribution in [0.2, 0.25) is 0 Å². The molecule has 0 aromatic carbocycles. The second-order valence-corrected chi connectivity index (χ2v) is 11.6. The van der Waals surface area contributed by atoms with Gasteiger partial charge in [-0.1, -0.05) is 84.6 Å². The summed E-state index contributed by atoms with van der Waals surface area (Å²) in [4.78, 5) is 50.1. The Kier molecular flexibility index (Phi) is 20.5. The van der Waals surface area contributed by atoms with E-state index >= 15 is 0 Å². The number of nitrogens with zero attached hydrogens (tertiary/aromatic N) is 1. The van der Waals surface area contributed by atoms with Crippen molar-refractivity contribution in [2.24, 2.45) is 5.92 Å². The lowest BCUT2D eigenvalue weighted by Gasteiger charge is -2.47. The summed E-state index contributed by atoms with van der Waals surface area (Å²) in [5.74, 6) is -1.11. The molecule has 1 aliphatic rings. The first-order valence-electron chi connectivity index (χ1n) is 16.2. The molecule has 9 heteroatoms. The molecular weight excluding hydrogens is 538 g/mol. The summed E-state index contributed by atoms with van der Waals surface area (Å²) in [5.41, 5.74) is 0. The Bertz CT molecular complexity index is 814. The van der Waals surface area contributed by atoms with Gasteiger partial charge >= 0.3 is 17.9 Å². The fourth-order valence-electron chi connectivity index (χ4n) is 5.17. The van der Waals surface area contributed by atoms with Crippen LogP contribution in [0.5, 0.6) is 0 Å². The summed E-state index contributed by atoms with van der Waals surface area (Å²) >= 11 is 0. The minimum Gasteiger partial charge on any atom is -0.498 e. The first kappa shape index (κ1) is 37.4. The summed E-state index contributed by atoms with van der Waals surface area (Å²) in [7, 11) is 0. The summed E-state index contributed by atoms with van der Waals surface area (Å²) in [5, 5.41) is 0. The van der Waals surface area contributed by atoms with Gasteiger partial charge in [-0.25, -0.2) is 0 Å². The molecule has 1 fully saturated rings. The molecule has 3 atom stereocenters. The van der Waals surface area contributed by atoms with E-state index in [-0.39, 0.29) is 56.6 Å². The quantitative estimate of drug-likeness (QED) is 0.0499. The molecular formula is C33H57NO8. The normalized spacial score (nSPS) is 16.7. The molecule has 1 heterocycles. The zero-order chi connectivity index (χ0) is 31.2. The highest BCUT2D eigenvalue weighted by atomic mass is 16.5. The van der Waals surface area contributed by atoms with Crippen LogP contribution in [-0.4, -0.2) is 67.2 Å². The zero-order valence-corrected chi connectivity index (χ0v) is 26.8. The van der Waals surface area contributed by atoms with Gasteiger partial charge in [0.15, 0.2) is 0 Å². The molecule has 0 aromatic rings. The lowest BCUT2D eigenvalue weighted by molar-refractivity contribution is -0.163. The highest BCUT2D eigenvalue weighted by Gasteiger charge is 2.41. The number of unbranched alkanes of at least 4 members (excludes halogenated alkanes) is 10. The number of ether oxygens (including phenoxy) is 4. The maximum atomic E-state index is 12.8. The number of hydrogen-bond acceptors (Lipinski definition) is 8. The molecule has 0 saturated carbocycles. The SMILES string of the molecule is C=C(CCCCCCCC)OCC(CC(=O)OCCCCCCCC)CC(=O)OCC1CC(COC(C)=O)N1C(C)=O. The Morgan fingerprint density at radius 3 is 1.81 bits per heavy atom. The van der Waals surface area contributed by atoms with Crippen molar-refractivity contribution in [3.63, 3.8) is 0 Å². The number of hydrogen-bond donors (Lipinski definition) is 0. The predicted octanol–water partition coefficient (Wildman–Crippen LogP) is 6.66. The topological polar surface area (TPSA) is 108 Å². The van der Waals surface area contributed by atoms with Gasteiger partial charge in [-0.05, 0) is 19.3 Å². The van der Waals surface area contributed by atoms with E-state index in [0.717, 1.165) is 38.5 Å². The van der Waals surface area contributed by atoms with Gasteiger partial charge in [-0.2, -0.15) is 0 Å². The number of likely N-dealkylation sites (tertiary alicyclic amines) is 1. The molecule has 3 unspecified atom stereocenters. The van der Waals surface area contributed by atoms with Crippen LogP contribution in [0.4, 0.5) is 0 Å². The summed E-state index contributed by atoms with van der Waals surface area (Å²) in [6, 6.07) is -0.476. The van der Waals surface area contributed by atoms with Crippen molar-refractivity contribution in [1.29, 1.82) is 0 Å². The maximum Gasteiger partial charge on any atom is 0.306 e. The Hall–Kier alpha value is -2.58. The van der Waals surface area contributed by atoms with Crippen LogP contribution in [0.1, 0.15) is 130 Å². The molecule has 0 spiro atoms. The summed E-state index contributed by atoms with van der Waals surface area (Å²) in [6.07, 6.45) is 15.1. The fraction of sp³-hybridized carbons (Fsp3) is 0.818. The van der Waals surface area contributed by atoms with Crippen LogP contribution >= 0.6 is 0 Å². The van der Waals surface area contributed by atoms with Crippen molar-refractivity contribution in [2.45, 2.75) is 143 Å². The summed E-state index contributed by atoms with van der Waals surface area (Å²) < 4.78 is 21.9. The van der Waals surface area contributed by atoms with Gasteiger partial charge < -0.3 is 23.8 Å². The van der Waals surface area contributed by atoms with Crippen molar-refractivity contribution in [3.05, 3.63) is 12.3 Å². The summed E-state index contributed by atoms with van der Waals surface area (Å²) in [6.45, 7) is 11.9. The van der Waals surface area contributed by atoms with Crippen molar-refractivity contribution in [1.82, 2.24) is 4.90 Å². The first-order valence-corrected chi connectivity index (χ1v) is 16.2. The van der Waals surface area contributed by atoms with Crippen molar-refractivity contribution >= 4 is 23.8 Å². The minimum atomic E-state index is -0.458. The van der Waals surface area contributed by atoms with E-state index in [1.54, 1.807) is 4.90 Å². The van der Waals surface area contributed by atoms with Gasteiger partial charge in [0.25, 0.3) is 0 Å². The highest BCUT2D eigenvalue weighted by molar-refractivity contribution is 5.76. The van der Waals surface area contributed by atoms with Crippen LogP contribution in [0.25, 0.3) is 0 Å². The predicted molar refractivity (Wildman–Crippen MR) is 162 cm³/mol. The lowest BCUT2D eigenvalue weighted by Crippen LogP contribution is -2.61. The Labute approximate surface area is 254 Å². The average Bonchev–Trinajstić information content (AvgIpc) is 2.91. The van der Waals surface area contributed by atoms with Crippen LogP contribution in [-0.2, 0) is 38.1 Å². The van der Waals surface area contributed by atoms with Crippen molar-refractivity contribution in [3.8, 4) is 0 Å². The molecule has 0 N–H and O–H groups in total. The molecule has 9 nitrogen and oxygen atoms in total. The lowest BCUT2D eigenvalue weighted by atomic mass is 9.93. The monoisotopic (exact) mass is 595 g/mol. The zero-order valence-electron chi connectivity index (χ0n) is 26.8. The standard InChI is InChI=1S/C33H57NO8/c1-6-8-10-12-14-16-18-26(3)40-23-29(20-32(37)39-19-17-15-13-11-9-7-2)21-33(38)42-25-31-22-30(24-41-28(5)36)34(31)27(4)35/h29-31H,3,6-25H2,1-2,4-5H3. The van der Waals surface area contributed by atoms with E-state index in [0.29, 0.717) is 18.8 Å². The molecule has 242 valence electrons. The molecule has 0 aromatic heterocycles. The van der Waals surface area contributed by atoms with Crippen LogP contribution in [0.3, 0.4) is 0 Å². The van der Waals surface area contributed by atoms with E-state index in [4.69, 9.17) is 18.9 Å². The molecule has 1 rings (SSSR count). The van der Waals surface area contributed by atoms with Gasteiger partial charge in [0, 0.05) is 26.2 Å². The van der Waals surface area contributed by atoms with Gasteiger partial charge in [-0.3, -0.25) is 19.2 Å². The number of esters is 3. The molecule has 42 heavy (non-hydrogen) atoms. The van der Waals surface area contributed by atoms with E-state index < -0.39 is 17.9 Å². The van der Waals surface area contributed by atoms with Crippen molar-refractivity contribution in [2.75, 3.05) is 26.4 Å². The Morgan fingerprint density at radius 1 is 0.714 bits per heavy atom. The number of amides is 1. The van der Waals surface area contributed by atoms with Crippen molar-refractivity contribution < 1.29 is 38.1 Å². The highest BCUT2D eigenvalue weighted by Crippen LogP contribution is 2.27. The maximum absolute atomic E-state index is 12.8. The van der Waals surface area contributed by atoms with E-state index in [1.807, 2.05) is 0 Å². The van der Waals surface area contributed by atoms with Gasteiger partial charge in [0.1, 0.15) is 13.2 Å². The second kappa shape index (κ2) is 22.9. The average molecular weight is 596 g/mol. The van der Waals surface area contributed by atoms with Gasteiger partial charge in [0.05, 0.1) is 43.9 Å². The third-order valence-corrected chi connectivity index (χ3v) is 7.61. The van der Waals surface area contributed by atoms with E-state index in [9.17, 15) is 19.2 Å². The number of carbonyl (C=O) groups is 4. The smallest absolute Gasteiger partial charge is 0.306 e. The molecule has 0 radical (unpaired) electrons. The first-order chi connectivity index (χ1) is 20.2. The Balaban J connectivity index is 2.53. The number of allylic oxidation sites excluding steroid dienone is 1. The van der Waals surface area contributed by atoms with Gasteiger partial charge in [0.2, 0.25) is 5.91 Å². The molecule has 1 aliphatic heterocycles. The third-order valence-electron chi connectivity index (χ3n) is 7.61. The largest absolute Gasteiger partial charge is 0.498 e. The number of rotatable bonds is 25. The molecule has 0 bridgehead atoms. The van der Waals surface area contributed by atoms with Crippen LogP contribution < -0.4 is 0 Å². The molecule has 1 amide bonds. The van der Waals surface area contributed by atoms with Gasteiger partial charge in [-0.15, -0.1) is 0 Å². The number of carbonyl (C=O) groups excluding carboxylic acids is 4. The van der Waals surface area contributed by atoms with Crippen LogP contribution in [0, 0.1) is 5.92 Å². The Morgan fingerprint density at radius 2 is 1.24 bits per heavy atom. The fourth-order valence-corrected chi connectivity index (χ4v) is 5.17.